The maximum Gasteiger partial charge on any atom is 0.264 e. The molecule has 0 saturated heterocycles. The molecular formula is C24H24N7O3+. The summed E-state index contributed by atoms with van der Waals surface area (Å²) >= 11 is 0. The number of nitrogens with two attached hydrogens (primary N) is 1. The van der Waals surface area contributed by atoms with Crippen LogP contribution in [-0.4, -0.2) is 53.7 Å². The van der Waals surface area contributed by atoms with Crippen LogP contribution in [0.5, 0.6) is 0 Å². The Bertz CT molecular complexity index is 1230. The second-order valence-corrected chi connectivity index (χ2v) is 7.44. The lowest BCUT2D eigenvalue weighted by Crippen LogP contribution is -2.53. The Morgan fingerprint density at radius 2 is 2.00 bits per heavy atom. The minimum Gasteiger partial charge on any atom is -0.381 e. The van der Waals surface area contributed by atoms with Gasteiger partial charge in [-0.2, -0.15) is 10.8 Å². The van der Waals surface area contributed by atoms with Gasteiger partial charge in [0.15, 0.2) is 0 Å². The largest absolute Gasteiger partial charge is 0.381 e. The van der Waals surface area contributed by atoms with Crippen molar-refractivity contribution in [3.63, 3.8) is 0 Å². The number of hydrogen-bond donors (Lipinski definition) is 3. The number of aromatic nitrogens is 1. The first-order chi connectivity index (χ1) is 16.5. The maximum absolute atomic E-state index is 12.5. The highest BCUT2D eigenvalue weighted by atomic mass is 16.5. The molecule has 2 aromatic rings. The van der Waals surface area contributed by atoms with E-state index in [1.165, 1.54) is 6.08 Å². The van der Waals surface area contributed by atoms with E-state index >= 15 is 0 Å². The lowest BCUT2D eigenvalue weighted by atomic mass is 10.1. The quantitative estimate of drug-likeness (QED) is 0.316. The number of amidine groups is 1. The number of nitrogens with zero attached hydrogens (tertiary/aromatic N) is 4. The molecule has 172 valence electrons. The summed E-state index contributed by atoms with van der Waals surface area (Å²) in [5.74, 6) is 7.15. The van der Waals surface area contributed by atoms with E-state index in [1.54, 1.807) is 80.5 Å². The van der Waals surface area contributed by atoms with Crippen molar-refractivity contribution in [3.05, 3.63) is 95.7 Å². The predicted molar refractivity (Wildman–Crippen MR) is 128 cm³/mol. The molecule has 1 aromatic heterocycles. The van der Waals surface area contributed by atoms with Crippen molar-refractivity contribution in [3.8, 4) is 0 Å². The van der Waals surface area contributed by atoms with E-state index < -0.39 is 0 Å². The van der Waals surface area contributed by atoms with Crippen LogP contribution in [0.2, 0.25) is 0 Å². The molecule has 2 amide bonds. The average molecular weight is 459 g/mol. The van der Waals surface area contributed by atoms with E-state index in [2.05, 4.69) is 20.6 Å². The van der Waals surface area contributed by atoms with Gasteiger partial charge in [0.2, 0.25) is 11.6 Å². The fourth-order valence-electron chi connectivity index (χ4n) is 3.46. The molecule has 10 heteroatoms. The summed E-state index contributed by atoms with van der Waals surface area (Å²) in [4.78, 5) is 37.6. The van der Waals surface area contributed by atoms with Crippen molar-refractivity contribution in [2.45, 2.75) is 0 Å². The van der Waals surface area contributed by atoms with Crippen molar-refractivity contribution in [1.29, 1.82) is 0 Å². The highest BCUT2D eigenvalue weighted by Gasteiger charge is 2.43. The fraction of sp³-hybridized carbons (Fsp3) is 0.125. The van der Waals surface area contributed by atoms with Crippen LogP contribution in [0.25, 0.3) is 0 Å². The van der Waals surface area contributed by atoms with Crippen LogP contribution in [-0.2, 0) is 9.53 Å². The standard InChI is InChI=1S/C24H23N7O3/c1-34-14-4-6-22(32)28-15-19-20-16-26-12-13-31(20,25)23(29-19)17-7-9-18(10-8-17)24(33)30-21-5-2-3-11-27-21/h2-13,16H,14-15,25H2,1H3,(H-,27,28,30,32,33)/p+1/b6-4+. The molecule has 0 spiro atoms. The topological polar surface area (TPSA) is 131 Å². The molecule has 2 aliphatic rings. The van der Waals surface area contributed by atoms with Crippen LogP contribution in [0.1, 0.15) is 15.9 Å². The molecule has 2 aliphatic heterocycles. The van der Waals surface area contributed by atoms with Gasteiger partial charge in [0.25, 0.3) is 11.7 Å². The Morgan fingerprint density at radius 3 is 2.74 bits per heavy atom. The number of quaternary nitrogens is 1. The summed E-state index contributed by atoms with van der Waals surface area (Å²) in [7, 11) is 1.55. The predicted octanol–water partition coefficient (Wildman–Crippen LogP) is 1.87. The molecule has 0 radical (unpaired) electrons. The highest BCUT2D eigenvalue weighted by Crippen LogP contribution is 2.30. The Labute approximate surface area is 196 Å². The first kappa shape index (κ1) is 22.9. The second kappa shape index (κ2) is 10.1. The zero-order valence-corrected chi connectivity index (χ0v) is 18.5. The van der Waals surface area contributed by atoms with Crippen molar-refractivity contribution >= 4 is 29.7 Å². The van der Waals surface area contributed by atoms with Crippen LogP contribution in [0.15, 0.2) is 94.6 Å². The number of allylic oxidation sites excluding steroid dienone is 1. The first-order valence-corrected chi connectivity index (χ1v) is 10.5. The number of anilines is 1. The molecule has 4 rings (SSSR count). The van der Waals surface area contributed by atoms with Crippen molar-refractivity contribution < 1.29 is 18.9 Å². The number of hydrogen-bond acceptors (Lipinski definition) is 7. The van der Waals surface area contributed by atoms with E-state index in [0.29, 0.717) is 35.2 Å². The van der Waals surface area contributed by atoms with E-state index in [-0.39, 0.29) is 23.0 Å². The number of ether oxygens (including phenoxy) is 1. The number of benzene rings is 1. The number of amides is 2. The zero-order valence-electron chi connectivity index (χ0n) is 18.5. The summed E-state index contributed by atoms with van der Waals surface area (Å²) in [5.41, 5.74) is 2.44. The molecule has 0 bridgehead atoms. The molecule has 34 heavy (non-hydrogen) atoms. The first-order valence-electron chi connectivity index (χ1n) is 10.5. The molecule has 0 aliphatic carbocycles. The summed E-state index contributed by atoms with van der Waals surface area (Å²) in [6.07, 6.45) is 9.58. The van der Waals surface area contributed by atoms with Gasteiger partial charge in [-0.3, -0.25) is 14.6 Å². The third kappa shape index (κ3) is 4.89. The number of methoxy groups -OCH3 is 1. The smallest absolute Gasteiger partial charge is 0.264 e. The lowest BCUT2D eigenvalue weighted by molar-refractivity contribution is -0.750. The molecule has 1 unspecified atom stereocenters. The molecule has 4 N–H and O–H groups in total. The van der Waals surface area contributed by atoms with Crippen molar-refractivity contribution in [1.82, 2.24) is 10.3 Å². The minimum atomic E-state index is -0.274. The number of carbonyl (C=O) groups excluding carboxylic acids is 2. The Hall–Kier alpha value is -4.25. The summed E-state index contributed by atoms with van der Waals surface area (Å²) in [5, 5.41) is 5.55. The van der Waals surface area contributed by atoms with Gasteiger partial charge in [-0.25, -0.2) is 4.98 Å². The zero-order chi connectivity index (χ0) is 24.0. The number of aliphatic imine (C=N–C) groups is 2. The van der Waals surface area contributed by atoms with Crippen molar-refractivity contribution in [2.75, 3.05) is 25.6 Å². The lowest BCUT2D eigenvalue weighted by Gasteiger charge is -2.26. The SMILES string of the molecule is COC/C=C/C(=O)NCC1=C2C=NC=C[N+]2(N)C(c2ccc(C(=O)Nc3ccccn3)cc2)=N1. The molecule has 3 heterocycles. The molecule has 1 atom stereocenters. The van der Waals surface area contributed by atoms with Crippen LogP contribution < -0.4 is 16.5 Å². The summed E-state index contributed by atoms with van der Waals surface area (Å²) in [6.45, 7) is 0.524. The van der Waals surface area contributed by atoms with E-state index in [0.717, 1.165) is 5.56 Å². The summed E-state index contributed by atoms with van der Waals surface area (Å²) in [6, 6.07) is 12.2. The normalized spacial score (nSPS) is 18.7. The molecular weight excluding hydrogens is 434 g/mol. The molecule has 1 aromatic carbocycles. The van der Waals surface area contributed by atoms with Crippen molar-refractivity contribution in [2.24, 2.45) is 15.8 Å². The van der Waals surface area contributed by atoms with E-state index in [4.69, 9.17) is 15.6 Å². The second-order valence-electron chi connectivity index (χ2n) is 7.44. The average Bonchev–Trinajstić information content (AvgIpc) is 3.16. The van der Waals surface area contributed by atoms with Gasteiger partial charge in [-0.05, 0) is 36.4 Å². The van der Waals surface area contributed by atoms with Crippen LogP contribution in [0.3, 0.4) is 0 Å². The Morgan fingerprint density at radius 1 is 1.18 bits per heavy atom. The van der Waals surface area contributed by atoms with Gasteiger partial charge in [0, 0.05) is 24.9 Å². The summed E-state index contributed by atoms with van der Waals surface area (Å²) < 4.78 is 4.71. The fourth-order valence-corrected chi connectivity index (χ4v) is 3.46. The molecule has 0 saturated carbocycles. The van der Waals surface area contributed by atoms with E-state index in [1.807, 2.05) is 0 Å². The van der Waals surface area contributed by atoms with Gasteiger partial charge < -0.3 is 15.4 Å². The minimum absolute atomic E-state index is 0.177. The molecule has 0 fully saturated rings. The van der Waals surface area contributed by atoms with Gasteiger partial charge in [-0.1, -0.05) is 12.1 Å². The third-order valence-electron chi connectivity index (χ3n) is 5.14. The van der Waals surface area contributed by atoms with Crippen LogP contribution in [0.4, 0.5) is 5.82 Å². The monoisotopic (exact) mass is 458 g/mol. The highest BCUT2D eigenvalue weighted by molar-refractivity contribution is 6.05. The Balaban J connectivity index is 1.52. The number of rotatable bonds is 8. The number of fused-ring (bicyclic) bond motifs is 1. The third-order valence-corrected chi connectivity index (χ3v) is 5.14. The van der Waals surface area contributed by atoms with E-state index in [9.17, 15) is 9.59 Å². The van der Waals surface area contributed by atoms with Gasteiger partial charge in [0.1, 0.15) is 17.7 Å². The van der Waals surface area contributed by atoms with Crippen LogP contribution >= 0.6 is 0 Å². The number of pyridine rings is 1. The van der Waals surface area contributed by atoms with Gasteiger partial charge in [0.05, 0.1) is 31.1 Å². The number of carbonyl (C=O) groups is 2. The van der Waals surface area contributed by atoms with Gasteiger partial charge in [-0.15, -0.1) is 4.59 Å². The Kier molecular flexibility index (Phi) is 6.83. The molecule has 10 nitrogen and oxygen atoms in total. The van der Waals surface area contributed by atoms with Crippen LogP contribution in [0, 0.1) is 0 Å². The number of nitrogens with one attached hydrogen (secondary N) is 2. The van der Waals surface area contributed by atoms with Gasteiger partial charge >= 0.3 is 0 Å². The maximum atomic E-state index is 12.5.